The molecule has 0 bridgehead atoms. The zero-order valence-corrected chi connectivity index (χ0v) is 10.7. The van der Waals surface area contributed by atoms with Crippen LogP contribution < -0.4 is 0 Å². The van der Waals surface area contributed by atoms with Gasteiger partial charge >= 0.3 is 0 Å². The van der Waals surface area contributed by atoms with Crippen LogP contribution in [-0.4, -0.2) is 11.7 Å². The van der Waals surface area contributed by atoms with E-state index in [-0.39, 0.29) is 17.8 Å². The normalized spacial score (nSPS) is 11.9. The van der Waals surface area contributed by atoms with Gasteiger partial charge in [-0.1, -0.05) is 38.4 Å². The van der Waals surface area contributed by atoms with Gasteiger partial charge in [-0.15, -0.1) is 0 Å². The molecule has 0 heterocycles. The van der Waals surface area contributed by atoms with Crippen molar-refractivity contribution >= 4 is 11.6 Å². The number of hydrogen-bond acceptors (Lipinski definition) is 1. The van der Waals surface area contributed by atoms with Crippen molar-refractivity contribution < 1.29 is 9.50 Å². The van der Waals surface area contributed by atoms with Gasteiger partial charge in [-0.25, -0.2) is 4.39 Å². The number of halogens is 2. The average molecular weight is 245 g/mol. The zero-order chi connectivity index (χ0) is 12.3. The fourth-order valence-electron chi connectivity index (χ4n) is 1.66. The maximum Gasteiger partial charge on any atom is 0.131 e. The molecule has 3 heteroatoms. The summed E-state index contributed by atoms with van der Waals surface area (Å²) in [6.45, 7) is 5.95. The second kappa shape index (κ2) is 5.15. The molecule has 1 rings (SSSR count). The van der Waals surface area contributed by atoms with Gasteiger partial charge in [0.2, 0.25) is 0 Å². The summed E-state index contributed by atoms with van der Waals surface area (Å²) in [6.07, 6.45) is 1.01. The molecule has 0 aromatic heterocycles. The standard InChI is InChI=1S/C13H18ClFO/c1-13(2,3)10-6-7-11(14)9(12(10)15)5-4-8-16/h6-7,16H,4-5,8H2,1-3H3. The van der Waals surface area contributed by atoms with Gasteiger partial charge in [0.25, 0.3) is 0 Å². The Morgan fingerprint density at radius 1 is 1.31 bits per heavy atom. The van der Waals surface area contributed by atoms with Gasteiger partial charge in [-0.05, 0) is 29.9 Å². The summed E-state index contributed by atoms with van der Waals surface area (Å²) < 4.78 is 14.2. The Morgan fingerprint density at radius 3 is 2.44 bits per heavy atom. The van der Waals surface area contributed by atoms with Gasteiger partial charge in [0, 0.05) is 17.2 Å². The van der Waals surface area contributed by atoms with E-state index in [1.54, 1.807) is 12.1 Å². The lowest BCUT2D eigenvalue weighted by atomic mass is 9.85. The van der Waals surface area contributed by atoms with E-state index in [4.69, 9.17) is 16.7 Å². The number of aliphatic hydroxyl groups is 1. The van der Waals surface area contributed by atoms with E-state index in [0.717, 1.165) is 0 Å². The van der Waals surface area contributed by atoms with Crippen molar-refractivity contribution in [2.45, 2.75) is 39.0 Å². The monoisotopic (exact) mass is 244 g/mol. The fraction of sp³-hybridized carbons (Fsp3) is 0.538. The first-order valence-corrected chi connectivity index (χ1v) is 5.84. The number of benzene rings is 1. The molecule has 90 valence electrons. The fourth-order valence-corrected chi connectivity index (χ4v) is 1.90. The van der Waals surface area contributed by atoms with Gasteiger partial charge in [0.1, 0.15) is 5.82 Å². The van der Waals surface area contributed by atoms with Crippen LogP contribution in [0.25, 0.3) is 0 Å². The third kappa shape index (κ3) is 2.96. The molecule has 1 aromatic rings. The second-order valence-electron chi connectivity index (χ2n) is 4.96. The molecule has 0 atom stereocenters. The number of aliphatic hydroxyl groups excluding tert-OH is 1. The van der Waals surface area contributed by atoms with Gasteiger partial charge in [0.15, 0.2) is 0 Å². The molecule has 0 radical (unpaired) electrons. The highest BCUT2D eigenvalue weighted by Gasteiger charge is 2.21. The molecule has 0 aliphatic heterocycles. The third-order valence-corrected chi connectivity index (χ3v) is 2.93. The highest BCUT2D eigenvalue weighted by molar-refractivity contribution is 6.31. The van der Waals surface area contributed by atoms with E-state index in [1.165, 1.54) is 0 Å². The summed E-state index contributed by atoms with van der Waals surface area (Å²) in [5.74, 6) is -0.228. The first-order valence-electron chi connectivity index (χ1n) is 5.46. The maximum absolute atomic E-state index is 14.2. The van der Waals surface area contributed by atoms with Crippen LogP contribution in [0.5, 0.6) is 0 Å². The zero-order valence-electron chi connectivity index (χ0n) is 9.98. The molecule has 1 nitrogen and oxygen atoms in total. The van der Waals surface area contributed by atoms with Gasteiger partial charge < -0.3 is 5.11 Å². The minimum atomic E-state index is -0.233. The summed E-state index contributed by atoms with van der Waals surface area (Å²) in [4.78, 5) is 0. The van der Waals surface area contributed by atoms with Crippen molar-refractivity contribution in [2.75, 3.05) is 6.61 Å². The van der Waals surface area contributed by atoms with Crippen molar-refractivity contribution in [1.82, 2.24) is 0 Å². The highest BCUT2D eigenvalue weighted by Crippen LogP contribution is 2.31. The van der Waals surface area contributed by atoms with Crippen molar-refractivity contribution in [1.29, 1.82) is 0 Å². The van der Waals surface area contributed by atoms with E-state index in [1.807, 2.05) is 20.8 Å². The number of hydrogen-bond donors (Lipinski definition) is 1. The van der Waals surface area contributed by atoms with Gasteiger partial charge in [0.05, 0.1) is 0 Å². The Balaban J connectivity index is 3.16. The Bertz CT molecular complexity index is 369. The van der Waals surface area contributed by atoms with Crippen LogP contribution in [0.15, 0.2) is 12.1 Å². The van der Waals surface area contributed by atoms with E-state index in [0.29, 0.717) is 29.0 Å². The molecule has 0 unspecified atom stereocenters. The van der Waals surface area contributed by atoms with Crippen molar-refractivity contribution in [2.24, 2.45) is 0 Å². The summed E-state index contributed by atoms with van der Waals surface area (Å²) in [5.41, 5.74) is 0.954. The van der Waals surface area contributed by atoms with Gasteiger partial charge in [-0.2, -0.15) is 0 Å². The first kappa shape index (κ1) is 13.5. The van der Waals surface area contributed by atoms with Crippen molar-refractivity contribution in [3.8, 4) is 0 Å². The Labute approximate surface area is 101 Å². The first-order chi connectivity index (χ1) is 7.38. The summed E-state index contributed by atoms with van der Waals surface area (Å²) >= 11 is 5.97. The highest BCUT2D eigenvalue weighted by atomic mass is 35.5. The van der Waals surface area contributed by atoms with Crippen LogP contribution >= 0.6 is 11.6 Å². The molecule has 0 fully saturated rings. The molecule has 16 heavy (non-hydrogen) atoms. The van der Waals surface area contributed by atoms with Crippen LogP contribution in [-0.2, 0) is 11.8 Å². The average Bonchev–Trinajstić information content (AvgIpc) is 2.15. The van der Waals surface area contributed by atoms with Crippen LogP contribution in [0.4, 0.5) is 4.39 Å². The topological polar surface area (TPSA) is 20.2 Å². The van der Waals surface area contributed by atoms with E-state index < -0.39 is 0 Å². The van der Waals surface area contributed by atoms with Gasteiger partial charge in [-0.3, -0.25) is 0 Å². The van der Waals surface area contributed by atoms with E-state index >= 15 is 0 Å². The quantitative estimate of drug-likeness (QED) is 0.860. The molecule has 0 aliphatic rings. The maximum atomic E-state index is 14.2. The van der Waals surface area contributed by atoms with E-state index in [2.05, 4.69) is 0 Å². The van der Waals surface area contributed by atoms with Crippen LogP contribution in [0.1, 0.15) is 38.3 Å². The van der Waals surface area contributed by atoms with E-state index in [9.17, 15) is 4.39 Å². The lowest BCUT2D eigenvalue weighted by molar-refractivity contribution is 0.288. The molecule has 1 aromatic carbocycles. The second-order valence-corrected chi connectivity index (χ2v) is 5.37. The predicted molar refractivity (Wildman–Crippen MR) is 65.5 cm³/mol. The number of rotatable bonds is 3. The molecule has 0 aliphatic carbocycles. The summed E-state index contributed by atoms with van der Waals surface area (Å²) in [5, 5.41) is 9.22. The van der Waals surface area contributed by atoms with Crippen LogP contribution in [0.2, 0.25) is 5.02 Å². The van der Waals surface area contributed by atoms with Crippen molar-refractivity contribution in [3.63, 3.8) is 0 Å². The lowest BCUT2D eigenvalue weighted by Gasteiger charge is -2.21. The third-order valence-electron chi connectivity index (χ3n) is 2.58. The molecule has 0 saturated heterocycles. The summed E-state index contributed by atoms with van der Waals surface area (Å²) in [7, 11) is 0. The molecule has 0 amide bonds. The Hall–Kier alpha value is -0.600. The van der Waals surface area contributed by atoms with Crippen LogP contribution in [0, 0.1) is 5.82 Å². The van der Waals surface area contributed by atoms with Crippen LogP contribution in [0.3, 0.4) is 0 Å². The smallest absolute Gasteiger partial charge is 0.131 e. The summed E-state index contributed by atoms with van der Waals surface area (Å²) in [6, 6.07) is 3.47. The Morgan fingerprint density at radius 2 is 1.94 bits per heavy atom. The Kier molecular flexibility index (Phi) is 4.34. The SMILES string of the molecule is CC(C)(C)c1ccc(Cl)c(CCCO)c1F. The van der Waals surface area contributed by atoms with Crippen molar-refractivity contribution in [3.05, 3.63) is 34.1 Å². The minimum Gasteiger partial charge on any atom is -0.396 e. The molecule has 1 N–H and O–H groups in total. The molecular formula is C13H18ClFO. The molecular weight excluding hydrogens is 227 g/mol. The molecule has 0 spiro atoms. The largest absolute Gasteiger partial charge is 0.396 e. The lowest BCUT2D eigenvalue weighted by Crippen LogP contribution is -2.15. The minimum absolute atomic E-state index is 0.0511. The molecule has 0 saturated carbocycles. The predicted octanol–water partition coefficient (Wildman–Crippen LogP) is 3.70.